The minimum atomic E-state index is -0.0297. The monoisotopic (exact) mass is 315 g/mol. The van der Waals surface area contributed by atoms with Crippen molar-refractivity contribution in [2.45, 2.75) is 40.2 Å². The summed E-state index contributed by atoms with van der Waals surface area (Å²) in [6, 6.07) is 0. The van der Waals surface area contributed by atoms with E-state index < -0.39 is 0 Å². The molecule has 1 saturated heterocycles. The maximum Gasteiger partial charge on any atom is 0.276 e. The van der Waals surface area contributed by atoms with Crippen LogP contribution < -0.4 is 5.73 Å². The van der Waals surface area contributed by atoms with Crippen LogP contribution in [0.15, 0.2) is 6.20 Å². The zero-order valence-electron chi connectivity index (χ0n) is 13.1. The van der Waals surface area contributed by atoms with Gasteiger partial charge in [0.1, 0.15) is 0 Å². The average Bonchev–Trinajstić information content (AvgIpc) is 3.03. The highest BCUT2D eigenvalue weighted by Crippen LogP contribution is 2.29. The summed E-state index contributed by atoms with van der Waals surface area (Å²) in [5, 5.41) is 8.03. The molecule has 1 aliphatic heterocycles. The number of hydrogen-bond acceptors (Lipinski definition) is 4. The first kappa shape index (κ1) is 17.9. The summed E-state index contributed by atoms with van der Waals surface area (Å²) >= 11 is 0. The first-order valence-corrected chi connectivity index (χ1v) is 7.33. The molecule has 21 heavy (non-hydrogen) atoms. The van der Waals surface area contributed by atoms with Gasteiger partial charge in [-0.2, -0.15) is 0 Å². The van der Waals surface area contributed by atoms with Crippen molar-refractivity contribution >= 4 is 18.3 Å². The van der Waals surface area contributed by atoms with Gasteiger partial charge in [-0.25, -0.2) is 0 Å². The highest BCUT2D eigenvalue weighted by atomic mass is 35.5. The standard InChI is InChI=1S/C14H25N5O.ClH/c1-11(2)4-6-19-8-12(16-17-19)13(20)18-7-5-14(3,9-15)10-18;/h8,11H,4-7,9-10,15H2,1-3H3;1H. The number of nitrogens with zero attached hydrogens (tertiary/aromatic N) is 4. The van der Waals surface area contributed by atoms with E-state index in [9.17, 15) is 4.79 Å². The van der Waals surface area contributed by atoms with Crippen LogP contribution in [0.5, 0.6) is 0 Å². The molecule has 0 saturated carbocycles. The van der Waals surface area contributed by atoms with E-state index in [2.05, 4.69) is 31.1 Å². The average molecular weight is 316 g/mol. The number of rotatable bonds is 5. The van der Waals surface area contributed by atoms with Gasteiger partial charge in [0.2, 0.25) is 0 Å². The topological polar surface area (TPSA) is 77.0 Å². The zero-order chi connectivity index (χ0) is 14.8. The lowest BCUT2D eigenvalue weighted by Gasteiger charge is -2.21. The van der Waals surface area contributed by atoms with Crippen LogP contribution in [0.25, 0.3) is 0 Å². The van der Waals surface area contributed by atoms with Crippen molar-refractivity contribution in [1.82, 2.24) is 19.9 Å². The number of nitrogens with two attached hydrogens (primary N) is 1. The molecule has 0 bridgehead atoms. The Labute approximate surface area is 132 Å². The van der Waals surface area contributed by atoms with E-state index in [1.165, 1.54) is 0 Å². The Kier molecular flexibility index (Phi) is 6.16. The summed E-state index contributed by atoms with van der Waals surface area (Å²) in [5.41, 5.74) is 6.26. The third-order valence-corrected chi connectivity index (χ3v) is 4.03. The van der Waals surface area contributed by atoms with Gasteiger partial charge in [0.15, 0.2) is 5.69 Å². The smallest absolute Gasteiger partial charge is 0.276 e. The molecule has 1 fully saturated rings. The van der Waals surface area contributed by atoms with Crippen molar-refractivity contribution in [3.8, 4) is 0 Å². The molecule has 0 aliphatic carbocycles. The molecular weight excluding hydrogens is 290 g/mol. The van der Waals surface area contributed by atoms with E-state index in [4.69, 9.17) is 5.73 Å². The van der Waals surface area contributed by atoms with E-state index in [0.29, 0.717) is 24.7 Å². The predicted octanol–water partition coefficient (Wildman–Crippen LogP) is 1.56. The van der Waals surface area contributed by atoms with Gasteiger partial charge in [0.05, 0.1) is 6.20 Å². The fourth-order valence-corrected chi connectivity index (χ4v) is 2.42. The molecule has 1 amide bonds. The third kappa shape index (κ3) is 4.41. The molecule has 1 atom stereocenters. The van der Waals surface area contributed by atoms with Gasteiger partial charge < -0.3 is 10.6 Å². The second-order valence-electron chi connectivity index (χ2n) is 6.54. The molecule has 0 aromatic carbocycles. The molecule has 6 nitrogen and oxygen atoms in total. The molecule has 1 aromatic rings. The summed E-state index contributed by atoms with van der Waals surface area (Å²) in [7, 11) is 0. The van der Waals surface area contributed by atoms with Crippen LogP contribution >= 0.6 is 12.4 Å². The maximum atomic E-state index is 12.4. The van der Waals surface area contributed by atoms with Gasteiger partial charge in [0.25, 0.3) is 5.91 Å². The van der Waals surface area contributed by atoms with Crippen LogP contribution in [-0.2, 0) is 6.54 Å². The molecule has 7 heteroatoms. The van der Waals surface area contributed by atoms with Crippen LogP contribution in [0.3, 0.4) is 0 Å². The normalized spacial score (nSPS) is 21.7. The Morgan fingerprint density at radius 2 is 2.24 bits per heavy atom. The molecule has 1 aromatic heterocycles. The van der Waals surface area contributed by atoms with Crippen LogP contribution in [0.1, 0.15) is 44.1 Å². The van der Waals surface area contributed by atoms with Gasteiger partial charge >= 0.3 is 0 Å². The van der Waals surface area contributed by atoms with Crippen molar-refractivity contribution in [1.29, 1.82) is 0 Å². The Morgan fingerprint density at radius 3 is 2.81 bits per heavy atom. The molecule has 2 heterocycles. The summed E-state index contributed by atoms with van der Waals surface area (Å²) in [5.74, 6) is 0.583. The van der Waals surface area contributed by atoms with Crippen LogP contribution in [0, 0.1) is 11.3 Å². The SMILES string of the molecule is CC(C)CCn1cc(C(=O)N2CCC(C)(CN)C2)nn1.Cl. The van der Waals surface area contributed by atoms with E-state index in [1.807, 2.05) is 4.90 Å². The Hall–Kier alpha value is -1.14. The minimum Gasteiger partial charge on any atom is -0.337 e. The highest BCUT2D eigenvalue weighted by Gasteiger charge is 2.35. The first-order chi connectivity index (χ1) is 9.43. The van der Waals surface area contributed by atoms with Crippen LogP contribution in [0.4, 0.5) is 0 Å². The zero-order valence-corrected chi connectivity index (χ0v) is 13.9. The first-order valence-electron chi connectivity index (χ1n) is 7.33. The lowest BCUT2D eigenvalue weighted by atomic mass is 9.90. The number of amides is 1. The quantitative estimate of drug-likeness (QED) is 0.894. The van der Waals surface area contributed by atoms with E-state index >= 15 is 0 Å². The van der Waals surface area contributed by atoms with E-state index in [0.717, 1.165) is 25.9 Å². The Bertz CT molecular complexity index is 476. The van der Waals surface area contributed by atoms with Crippen molar-refractivity contribution in [3.63, 3.8) is 0 Å². The van der Waals surface area contributed by atoms with E-state index in [1.54, 1.807) is 10.9 Å². The number of halogens is 1. The largest absolute Gasteiger partial charge is 0.337 e. The summed E-state index contributed by atoms with van der Waals surface area (Å²) in [6.07, 6.45) is 3.74. The van der Waals surface area contributed by atoms with Gasteiger partial charge in [-0.15, -0.1) is 17.5 Å². The minimum absolute atomic E-state index is 0. The highest BCUT2D eigenvalue weighted by molar-refractivity contribution is 5.92. The van der Waals surface area contributed by atoms with Gasteiger partial charge in [-0.05, 0) is 30.7 Å². The lowest BCUT2D eigenvalue weighted by molar-refractivity contribution is 0.0771. The molecule has 1 aliphatic rings. The number of hydrogen-bond donors (Lipinski definition) is 1. The number of carbonyl (C=O) groups is 1. The van der Waals surface area contributed by atoms with E-state index in [-0.39, 0.29) is 23.7 Å². The van der Waals surface area contributed by atoms with Crippen molar-refractivity contribution in [3.05, 3.63) is 11.9 Å². The number of aryl methyl sites for hydroxylation is 1. The molecule has 0 radical (unpaired) electrons. The maximum absolute atomic E-state index is 12.4. The van der Waals surface area contributed by atoms with Crippen molar-refractivity contribution < 1.29 is 4.79 Å². The second-order valence-corrected chi connectivity index (χ2v) is 6.54. The van der Waals surface area contributed by atoms with Crippen molar-refractivity contribution in [2.75, 3.05) is 19.6 Å². The van der Waals surface area contributed by atoms with Crippen LogP contribution in [0.2, 0.25) is 0 Å². The molecular formula is C14H26ClN5O. The Morgan fingerprint density at radius 1 is 1.52 bits per heavy atom. The number of carbonyl (C=O) groups excluding carboxylic acids is 1. The number of aromatic nitrogens is 3. The molecule has 2 rings (SSSR count). The van der Waals surface area contributed by atoms with Gasteiger partial charge in [-0.3, -0.25) is 9.48 Å². The number of likely N-dealkylation sites (tertiary alicyclic amines) is 1. The molecule has 120 valence electrons. The van der Waals surface area contributed by atoms with Crippen LogP contribution in [-0.4, -0.2) is 45.4 Å². The molecule has 2 N–H and O–H groups in total. The third-order valence-electron chi connectivity index (χ3n) is 4.03. The second kappa shape index (κ2) is 7.22. The van der Waals surface area contributed by atoms with Gasteiger partial charge in [-0.1, -0.05) is 26.0 Å². The lowest BCUT2D eigenvalue weighted by Crippen LogP contribution is -2.34. The Balaban J connectivity index is 0.00000220. The molecule has 1 unspecified atom stereocenters. The summed E-state index contributed by atoms with van der Waals surface area (Å²) in [6.45, 7) is 9.34. The summed E-state index contributed by atoms with van der Waals surface area (Å²) < 4.78 is 1.76. The fourth-order valence-electron chi connectivity index (χ4n) is 2.42. The van der Waals surface area contributed by atoms with Crippen molar-refractivity contribution in [2.24, 2.45) is 17.1 Å². The van der Waals surface area contributed by atoms with Gasteiger partial charge in [0, 0.05) is 19.6 Å². The molecule has 0 spiro atoms. The predicted molar refractivity (Wildman–Crippen MR) is 84.4 cm³/mol. The fraction of sp³-hybridized carbons (Fsp3) is 0.786. The summed E-state index contributed by atoms with van der Waals surface area (Å²) in [4.78, 5) is 14.2.